The van der Waals surface area contributed by atoms with E-state index in [4.69, 9.17) is 10.6 Å². The molecule has 2 aliphatic heterocycles. The zero-order valence-corrected chi connectivity index (χ0v) is 16.1. The summed E-state index contributed by atoms with van der Waals surface area (Å²) in [5.41, 5.74) is 2.25. The second-order valence-electron chi connectivity index (χ2n) is 7.52. The Kier molecular flexibility index (Phi) is 5.45. The SMILES string of the molecule is Cc1ccnc(N2CCN(CCCC3CN(N)c4ccccc4O3)CC2)c1. The van der Waals surface area contributed by atoms with Crippen LogP contribution in [0, 0.1) is 6.92 Å². The Hall–Kier alpha value is -2.31. The topological polar surface area (TPSA) is 57.9 Å². The molecule has 1 fully saturated rings. The quantitative estimate of drug-likeness (QED) is 0.819. The lowest BCUT2D eigenvalue weighted by molar-refractivity contribution is 0.169. The highest BCUT2D eigenvalue weighted by Gasteiger charge is 2.24. The van der Waals surface area contributed by atoms with Crippen molar-refractivity contribution in [3.8, 4) is 5.75 Å². The smallest absolute Gasteiger partial charge is 0.144 e. The standard InChI is InChI=1S/C21H29N5O/c1-17-8-9-23-21(15-17)25-13-11-24(12-14-25)10-4-5-18-16-26(22)19-6-2-3-7-20(19)27-18/h2-3,6-9,15,18H,4-5,10-14,16,22H2,1H3. The first kappa shape index (κ1) is 18.1. The Bertz CT molecular complexity index is 760. The lowest BCUT2D eigenvalue weighted by Gasteiger charge is -2.36. The highest BCUT2D eigenvalue weighted by atomic mass is 16.5. The van der Waals surface area contributed by atoms with Gasteiger partial charge in [-0.1, -0.05) is 12.1 Å². The molecule has 1 aromatic heterocycles. The fourth-order valence-electron chi connectivity index (χ4n) is 3.92. The number of aromatic nitrogens is 1. The van der Waals surface area contributed by atoms with Gasteiger partial charge in [0, 0.05) is 32.4 Å². The summed E-state index contributed by atoms with van der Waals surface area (Å²) in [6, 6.07) is 12.2. The van der Waals surface area contributed by atoms with Gasteiger partial charge in [0.2, 0.25) is 0 Å². The van der Waals surface area contributed by atoms with Gasteiger partial charge in [-0.3, -0.25) is 4.90 Å². The van der Waals surface area contributed by atoms with Crippen LogP contribution in [0.4, 0.5) is 11.5 Å². The average Bonchev–Trinajstić information content (AvgIpc) is 2.69. The van der Waals surface area contributed by atoms with Crippen LogP contribution in [0.25, 0.3) is 0 Å². The molecule has 1 atom stereocenters. The number of pyridine rings is 1. The normalized spacial score (nSPS) is 20.3. The minimum Gasteiger partial charge on any atom is -0.486 e. The van der Waals surface area contributed by atoms with Gasteiger partial charge in [-0.2, -0.15) is 0 Å². The fraction of sp³-hybridized carbons (Fsp3) is 0.476. The van der Waals surface area contributed by atoms with Gasteiger partial charge in [-0.15, -0.1) is 0 Å². The van der Waals surface area contributed by atoms with E-state index in [1.807, 2.05) is 41.5 Å². The molecule has 1 saturated heterocycles. The molecule has 0 bridgehead atoms. The van der Waals surface area contributed by atoms with Crippen LogP contribution in [0.15, 0.2) is 42.6 Å². The Morgan fingerprint density at radius 2 is 1.96 bits per heavy atom. The third-order valence-corrected chi connectivity index (χ3v) is 5.47. The second-order valence-corrected chi connectivity index (χ2v) is 7.52. The predicted molar refractivity (Wildman–Crippen MR) is 109 cm³/mol. The number of piperazine rings is 1. The van der Waals surface area contributed by atoms with Crippen molar-refractivity contribution in [2.45, 2.75) is 25.9 Å². The number of aryl methyl sites for hydroxylation is 1. The molecule has 0 amide bonds. The van der Waals surface area contributed by atoms with Gasteiger partial charge < -0.3 is 14.6 Å². The third kappa shape index (κ3) is 4.34. The number of para-hydroxylation sites is 2. The van der Waals surface area contributed by atoms with Crippen LogP contribution in [0.3, 0.4) is 0 Å². The van der Waals surface area contributed by atoms with Crippen LogP contribution in [0.2, 0.25) is 0 Å². The number of hydrazine groups is 1. The first-order valence-electron chi connectivity index (χ1n) is 9.87. The molecule has 144 valence electrons. The number of nitrogens with two attached hydrogens (primary N) is 1. The van der Waals surface area contributed by atoms with Gasteiger partial charge in [-0.25, -0.2) is 10.8 Å². The van der Waals surface area contributed by atoms with Crippen LogP contribution >= 0.6 is 0 Å². The molecular formula is C21H29N5O. The molecule has 2 aromatic rings. The first-order chi connectivity index (χ1) is 13.2. The van der Waals surface area contributed by atoms with Crippen LogP contribution < -0.4 is 20.5 Å². The highest BCUT2D eigenvalue weighted by molar-refractivity contribution is 5.58. The van der Waals surface area contributed by atoms with Gasteiger partial charge in [0.25, 0.3) is 0 Å². The lowest BCUT2D eigenvalue weighted by Crippen LogP contribution is -2.47. The van der Waals surface area contributed by atoms with Crippen LogP contribution in [-0.2, 0) is 0 Å². The molecule has 3 heterocycles. The largest absolute Gasteiger partial charge is 0.486 e. The second kappa shape index (κ2) is 8.15. The van der Waals surface area contributed by atoms with E-state index < -0.39 is 0 Å². The van der Waals surface area contributed by atoms with Crippen molar-refractivity contribution >= 4 is 11.5 Å². The molecule has 6 nitrogen and oxygen atoms in total. The predicted octanol–water partition coefficient (Wildman–Crippen LogP) is 2.43. The number of hydrogen-bond acceptors (Lipinski definition) is 6. The van der Waals surface area contributed by atoms with Gasteiger partial charge in [0.15, 0.2) is 0 Å². The van der Waals surface area contributed by atoms with E-state index in [1.165, 1.54) is 5.56 Å². The molecule has 1 unspecified atom stereocenters. The summed E-state index contributed by atoms with van der Waals surface area (Å²) in [5, 5.41) is 1.82. The molecule has 0 aliphatic carbocycles. The van der Waals surface area contributed by atoms with Crippen molar-refractivity contribution in [2.24, 2.45) is 5.84 Å². The number of benzene rings is 1. The lowest BCUT2D eigenvalue weighted by atomic mass is 10.1. The third-order valence-electron chi connectivity index (χ3n) is 5.47. The van der Waals surface area contributed by atoms with Crippen LogP contribution in [-0.4, -0.2) is 55.3 Å². The van der Waals surface area contributed by atoms with Crippen LogP contribution in [0.5, 0.6) is 5.75 Å². The Labute approximate surface area is 161 Å². The minimum atomic E-state index is 0.169. The monoisotopic (exact) mass is 367 g/mol. The Morgan fingerprint density at radius 3 is 2.78 bits per heavy atom. The summed E-state index contributed by atoms with van der Waals surface area (Å²) in [5.74, 6) is 8.17. The van der Waals surface area contributed by atoms with Crippen molar-refractivity contribution in [2.75, 3.05) is 49.2 Å². The van der Waals surface area contributed by atoms with E-state index in [9.17, 15) is 0 Å². The molecule has 6 heteroatoms. The summed E-state index contributed by atoms with van der Waals surface area (Å²) < 4.78 is 6.12. The molecule has 27 heavy (non-hydrogen) atoms. The highest BCUT2D eigenvalue weighted by Crippen LogP contribution is 2.32. The molecule has 2 N–H and O–H groups in total. The number of ether oxygens (including phenoxy) is 1. The van der Waals surface area contributed by atoms with E-state index in [0.29, 0.717) is 0 Å². The number of nitrogens with zero attached hydrogens (tertiary/aromatic N) is 4. The molecular weight excluding hydrogens is 338 g/mol. The van der Waals surface area contributed by atoms with Crippen molar-refractivity contribution in [1.29, 1.82) is 0 Å². The fourth-order valence-corrected chi connectivity index (χ4v) is 3.92. The van der Waals surface area contributed by atoms with Crippen LogP contribution in [0.1, 0.15) is 18.4 Å². The average molecular weight is 367 g/mol. The van der Waals surface area contributed by atoms with E-state index in [0.717, 1.165) is 69.4 Å². The molecule has 0 saturated carbocycles. The Balaban J connectivity index is 1.21. The summed E-state index contributed by atoms with van der Waals surface area (Å²) in [6.45, 7) is 8.25. The van der Waals surface area contributed by atoms with E-state index >= 15 is 0 Å². The zero-order chi connectivity index (χ0) is 18.6. The molecule has 4 rings (SSSR count). The van der Waals surface area contributed by atoms with Gasteiger partial charge in [0.05, 0.1) is 12.2 Å². The maximum atomic E-state index is 6.16. The molecule has 1 aromatic carbocycles. The summed E-state index contributed by atoms with van der Waals surface area (Å²) in [4.78, 5) is 9.44. The maximum absolute atomic E-state index is 6.16. The minimum absolute atomic E-state index is 0.169. The maximum Gasteiger partial charge on any atom is 0.144 e. The zero-order valence-electron chi connectivity index (χ0n) is 16.1. The number of fused-ring (bicyclic) bond motifs is 1. The van der Waals surface area contributed by atoms with Crippen molar-refractivity contribution in [1.82, 2.24) is 9.88 Å². The number of hydrogen-bond donors (Lipinski definition) is 1. The van der Waals surface area contributed by atoms with Gasteiger partial charge in [-0.05, 0) is 56.1 Å². The summed E-state index contributed by atoms with van der Waals surface area (Å²) >= 11 is 0. The first-order valence-corrected chi connectivity index (χ1v) is 9.87. The van der Waals surface area contributed by atoms with E-state index in [1.54, 1.807) is 0 Å². The van der Waals surface area contributed by atoms with Gasteiger partial charge >= 0.3 is 0 Å². The van der Waals surface area contributed by atoms with E-state index in [2.05, 4.69) is 27.8 Å². The van der Waals surface area contributed by atoms with Crippen molar-refractivity contribution < 1.29 is 4.74 Å². The van der Waals surface area contributed by atoms with Gasteiger partial charge in [0.1, 0.15) is 17.7 Å². The van der Waals surface area contributed by atoms with E-state index in [-0.39, 0.29) is 6.10 Å². The number of anilines is 2. The summed E-state index contributed by atoms with van der Waals surface area (Å²) in [7, 11) is 0. The summed E-state index contributed by atoms with van der Waals surface area (Å²) in [6.07, 6.45) is 4.23. The Morgan fingerprint density at radius 1 is 1.15 bits per heavy atom. The van der Waals surface area contributed by atoms with Crippen molar-refractivity contribution in [3.05, 3.63) is 48.2 Å². The molecule has 0 radical (unpaired) electrons. The molecule has 0 spiro atoms. The molecule has 2 aliphatic rings. The van der Waals surface area contributed by atoms with Crippen molar-refractivity contribution in [3.63, 3.8) is 0 Å². The number of rotatable bonds is 5.